The second-order valence-corrected chi connectivity index (χ2v) is 3.42. The molecule has 1 rings (SSSR count). The molecule has 0 fully saturated rings. The van der Waals surface area contributed by atoms with Crippen LogP contribution in [0.4, 0.5) is 0 Å². The first-order valence-electron chi connectivity index (χ1n) is 4.91. The topological polar surface area (TPSA) is 9.23 Å². The monoisotopic (exact) mass is 178 g/mol. The minimum Gasteiger partial charge on any atom is -0.496 e. The first-order chi connectivity index (χ1) is 6.27. The summed E-state index contributed by atoms with van der Waals surface area (Å²) in [6.07, 6.45) is 3.60. The summed E-state index contributed by atoms with van der Waals surface area (Å²) in [5.41, 5.74) is 2.65. The summed E-state index contributed by atoms with van der Waals surface area (Å²) in [7, 11) is 1.74. The molecular weight excluding hydrogens is 160 g/mol. The highest BCUT2D eigenvalue weighted by Crippen LogP contribution is 2.21. The number of hydrogen-bond donors (Lipinski definition) is 0. The van der Waals surface area contributed by atoms with Gasteiger partial charge in [0.15, 0.2) is 0 Å². The van der Waals surface area contributed by atoms with Crippen LogP contribution in [0, 0.1) is 6.92 Å². The molecule has 0 aliphatic carbocycles. The molecule has 0 radical (unpaired) electrons. The van der Waals surface area contributed by atoms with Crippen molar-refractivity contribution in [1.82, 2.24) is 0 Å². The molecular formula is C12H18O. The normalized spacial score (nSPS) is 10.1. The first kappa shape index (κ1) is 10.1. The van der Waals surface area contributed by atoms with Crippen LogP contribution < -0.4 is 4.74 Å². The molecule has 0 amide bonds. The maximum atomic E-state index is 5.30. The molecule has 72 valence electrons. The lowest BCUT2D eigenvalue weighted by molar-refractivity contribution is 0.409. The van der Waals surface area contributed by atoms with E-state index >= 15 is 0 Å². The number of methoxy groups -OCH3 is 1. The SMILES string of the molecule is CCCCc1cc(C)ccc1OC. The average molecular weight is 178 g/mol. The van der Waals surface area contributed by atoms with Crippen LogP contribution in [0.15, 0.2) is 18.2 Å². The molecule has 0 unspecified atom stereocenters. The lowest BCUT2D eigenvalue weighted by atomic mass is 10.0. The number of unbranched alkanes of at least 4 members (excludes halogenated alkanes) is 1. The highest BCUT2D eigenvalue weighted by molar-refractivity contribution is 5.36. The van der Waals surface area contributed by atoms with E-state index in [0.717, 1.165) is 12.2 Å². The Hall–Kier alpha value is -0.980. The van der Waals surface area contributed by atoms with Crippen molar-refractivity contribution in [3.8, 4) is 5.75 Å². The maximum absolute atomic E-state index is 5.30. The van der Waals surface area contributed by atoms with E-state index in [1.54, 1.807) is 7.11 Å². The second kappa shape index (κ2) is 4.90. The van der Waals surface area contributed by atoms with Crippen molar-refractivity contribution in [3.05, 3.63) is 29.3 Å². The van der Waals surface area contributed by atoms with Gasteiger partial charge in [-0.05, 0) is 31.4 Å². The van der Waals surface area contributed by atoms with Crippen LogP contribution in [0.2, 0.25) is 0 Å². The van der Waals surface area contributed by atoms with Gasteiger partial charge in [-0.25, -0.2) is 0 Å². The Morgan fingerprint density at radius 2 is 2.08 bits per heavy atom. The van der Waals surface area contributed by atoms with Gasteiger partial charge in [0.05, 0.1) is 7.11 Å². The molecule has 0 heterocycles. The first-order valence-corrected chi connectivity index (χ1v) is 4.91. The van der Waals surface area contributed by atoms with Crippen molar-refractivity contribution in [3.63, 3.8) is 0 Å². The van der Waals surface area contributed by atoms with E-state index in [1.807, 2.05) is 0 Å². The summed E-state index contributed by atoms with van der Waals surface area (Å²) in [5, 5.41) is 0. The Balaban J connectivity index is 2.81. The van der Waals surface area contributed by atoms with Crippen LogP contribution in [0.5, 0.6) is 5.75 Å². The van der Waals surface area contributed by atoms with Crippen LogP contribution in [0.25, 0.3) is 0 Å². The fourth-order valence-corrected chi connectivity index (χ4v) is 1.47. The Labute approximate surface area is 80.7 Å². The van der Waals surface area contributed by atoms with Gasteiger partial charge in [0, 0.05) is 0 Å². The van der Waals surface area contributed by atoms with Crippen molar-refractivity contribution < 1.29 is 4.74 Å². The Morgan fingerprint density at radius 3 is 2.69 bits per heavy atom. The minimum absolute atomic E-state index is 1.03. The summed E-state index contributed by atoms with van der Waals surface area (Å²) >= 11 is 0. The smallest absolute Gasteiger partial charge is 0.122 e. The van der Waals surface area contributed by atoms with Gasteiger partial charge in [-0.2, -0.15) is 0 Å². The lowest BCUT2D eigenvalue weighted by Crippen LogP contribution is -1.92. The van der Waals surface area contributed by atoms with E-state index in [2.05, 4.69) is 32.0 Å². The van der Waals surface area contributed by atoms with Crippen LogP contribution in [0.1, 0.15) is 30.9 Å². The van der Waals surface area contributed by atoms with Crippen molar-refractivity contribution in [2.45, 2.75) is 33.1 Å². The van der Waals surface area contributed by atoms with Crippen LogP contribution in [0.3, 0.4) is 0 Å². The van der Waals surface area contributed by atoms with Crippen LogP contribution in [-0.2, 0) is 6.42 Å². The Morgan fingerprint density at radius 1 is 1.31 bits per heavy atom. The third-order valence-corrected chi connectivity index (χ3v) is 2.24. The van der Waals surface area contributed by atoms with E-state index in [9.17, 15) is 0 Å². The summed E-state index contributed by atoms with van der Waals surface area (Å²) in [4.78, 5) is 0. The molecule has 0 aromatic heterocycles. The van der Waals surface area contributed by atoms with E-state index in [1.165, 1.54) is 24.0 Å². The highest BCUT2D eigenvalue weighted by atomic mass is 16.5. The average Bonchev–Trinajstić information content (AvgIpc) is 2.15. The Bertz CT molecular complexity index is 266. The number of ether oxygens (including phenoxy) is 1. The third-order valence-electron chi connectivity index (χ3n) is 2.24. The van der Waals surface area contributed by atoms with Gasteiger partial charge in [-0.1, -0.05) is 31.0 Å². The molecule has 1 aromatic carbocycles. The minimum atomic E-state index is 1.03. The van der Waals surface area contributed by atoms with Crippen LogP contribution in [-0.4, -0.2) is 7.11 Å². The van der Waals surface area contributed by atoms with Crippen molar-refractivity contribution in [2.75, 3.05) is 7.11 Å². The van der Waals surface area contributed by atoms with E-state index < -0.39 is 0 Å². The van der Waals surface area contributed by atoms with Crippen molar-refractivity contribution in [1.29, 1.82) is 0 Å². The molecule has 0 saturated carbocycles. The fourth-order valence-electron chi connectivity index (χ4n) is 1.47. The quantitative estimate of drug-likeness (QED) is 0.687. The van der Waals surface area contributed by atoms with Crippen molar-refractivity contribution >= 4 is 0 Å². The molecule has 0 spiro atoms. The maximum Gasteiger partial charge on any atom is 0.122 e. The van der Waals surface area contributed by atoms with E-state index in [4.69, 9.17) is 4.74 Å². The fraction of sp³-hybridized carbons (Fsp3) is 0.500. The largest absolute Gasteiger partial charge is 0.496 e. The van der Waals surface area contributed by atoms with Gasteiger partial charge in [0.25, 0.3) is 0 Å². The molecule has 0 atom stereocenters. The highest BCUT2D eigenvalue weighted by Gasteiger charge is 2.01. The van der Waals surface area contributed by atoms with Gasteiger partial charge < -0.3 is 4.74 Å². The molecule has 0 saturated heterocycles. The Kier molecular flexibility index (Phi) is 3.81. The molecule has 0 N–H and O–H groups in total. The van der Waals surface area contributed by atoms with Gasteiger partial charge in [-0.3, -0.25) is 0 Å². The van der Waals surface area contributed by atoms with Crippen LogP contribution >= 0.6 is 0 Å². The number of rotatable bonds is 4. The molecule has 0 aliphatic rings. The second-order valence-electron chi connectivity index (χ2n) is 3.42. The molecule has 1 aromatic rings. The summed E-state index contributed by atoms with van der Waals surface area (Å²) in [6.45, 7) is 4.33. The molecule has 13 heavy (non-hydrogen) atoms. The van der Waals surface area contributed by atoms with Gasteiger partial charge in [0.2, 0.25) is 0 Å². The van der Waals surface area contributed by atoms with Gasteiger partial charge in [-0.15, -0.1) is 0 Å². The lowest BCUT2D eigenvalue weighted by Gasteiger charge is -2.08. The summed E-state index contributed by atoms with van der Waals surface area (Å²) in [6, 6.07) is 6.36. The number of benzene rings is 1. The zero-order valence-corrected chi connectivity index (χ0v) is 8.76. The molecule has 0 bridgehead atoms. The third kappa shape index (κ3) is 2.76. The molecule has 1 nitrogen and oxygen atoms in total. The molecule has 0 aliphatic heterocycles. The van der Waals surface area contributed by atoms with E-state index in [0.29, 0.717) is 0 Å². The molecule has 1 heteroatoms. The number of aryl methyl sites for hydroxylation is 2. The standard InChI is InChI=1S/C12H18O/c1-4-5-6-11-9-10(2)7-8-12(11)13-3/h7-9H,4-6H2,1-3H3. The zero-order valence-electron chi connectivity index (χ0n) is 8.76. The van der Waals surface area contributed by atoms with Gasteiger partial charge >= 0.3 is 0 Å². The van der Waals surface area contributed by atoms with Crippen molar-refractivity contribution in [2.24, 2.45) is 0 Å². The summed E-state index contributed by atoms with van der Waals surface area (Å²) in [5.74, 6) is 1.03. The summed E-state index contributed by atoms with van der Waals surface area (Å²) < 4.78 is 5.30. The van der Waals surface area contributed by atoms with E-state index in [-0.39, 0.29) is 0 Å². The zero-order chi connectivity index (χ0) is 9.68. The number of hydrogen-bond acceptors (Lipinski definition) is 1. The van der Waals surface area contributed by atoms with Gasteiger partial charge in [0.1, 0.15) is 5.75 Å². The predicted octanol–water partition coefficient (Wildman–Crippen LogP) is 3.35. The predicted molar refractivity (Wildman–Crippen MR) is 56.3 cm³/mol.